The molecular weight excluding hydrogens is 486 g/mol. The monoisotopic (exact) mass is 505 g/mol. The Balaban J connectivity index is 1.70. The SMILES string of the molecule is O=C(O)CCC(=O)N1N=C(c2c(-c3ccccc3)c3cc(Cl)ccc3[nH]c2=O)C[C@H]1c1cccs1. The van der Waals surface area contributed by atoms with E-state index in [0.717, 1.165) is 15.8 Å². The van der Waals surface area contributed by atoms with Crippen LogP contribution in [0.4, 0.5) is 0 Å². The first-order valence-electron chi connectivity index (χ1n) is 11.0. The first-order valence-corrected chi connectivity index (χ1v) is 12.2. The van der Waals surface area contributed by atoms with Gasteiger partial charge in [0.25, 0.3) is 5.56 Å². The molecule has 1 atom stereocenters. The minimum absolute atomic E-state index is 0.177. The fourth-order valence-corrected chi connectivity index (χ4v) is 5.35. The minimum atomic E-state index is -1.05. The molecule has 3 heterocycles. The maximum atomic E-state index is 13.4. The van der Waals surface area contributed by atoms with Crippen LogP contribution in [0.15, 0.2) is 75.9 Å². The van der Waals surface area contributed by atoms with Gasteiger partial charge >= 0.3 is 5.97 Å². The number of aromatic amines is 1. The van der Waals surface area contributed by atoms with Crippen molar-refractivity contribution < 1.29 is 14.7 Å². The van der Waals surface area contributed by atoms with E-state index in [0.29, 0.717) is 33.8 Å². The Morgan fingerprint density at radius 1 is 1.09 bits per heavy atom. The number of carboxylic acids is 1. The molecule has 0 bridgehead atoms. The fourth-order valence-electron chi connectivity index (χ4n) is 4.37. The van der Waals surface area contributed by atoms with E-state index in [1.165, 1.54) is 16.3 Å². The van der Waals surface area contributed by atoms with Crippen molar-refractivity contribution in [2.45, 2.75) is 25.3 Å². The maximum absolute atomic E-state index is 13.4. The summed E-state index contributed by atoms with van der Waals surface area (Å²) in [6.07, 6.45) is -0.140. The van der Waals surface area contributed by atoms with Crippen molar-refractivity contribution in [1.82, 2.24) is 9.99 Å². The van der Waals surface area contributed by atoms with E-state index in [1.54, 1.807) is 18.2 Å². The zero-order chi connectivity index (χ0) is 24.5. The Labute approximate surface area is 209 Å². The third kappa shape index (κ3) is 4.50. The molecule has 1 amide bonds. The van der Waals surface area contributed by atoms with E-state index in [1.807, 2.05) is 47.8 Å². The summed E-state index contributed by atoms with van der Waals surface area (Å²) in [4.78, 5) is 41.3. The topological polar surface area (TPSA) is 103 Å². The molecule has 4 aromatic rings. The highest BCUT2D eigenvalue weighted by Gasteiger charge is 2.35. The molecule has 7 nitrogen and oxygen atoms in total. The first kappa shape index (κ1) is 23.0. The summed E-state index contributed by atoms with van der Waals surface area (Å²) in [6, 6.07) is 18.2. The molecule has 0 fully saturated rings. The summed E-state index contributed by atoms with van der Waals surface area (Å²) in [7, 11) is 0. The lowest BCUT2D eigenvalue weighted by Gasteiger charge is -2.20. The number of rotatable bonds is 6. The number of hydrogen-bond acceptors (Lipinski definition) is 5. The zero-order valence-electron chi connectivity index (χ0n) is 18.4. The Kier molecular flexibility index (Phi) is 6.23. The fraction of sp³-hybridized carbons (Fsp3) is 0.154. The van der Waals surface area contributed by atoms with E-state index < -0.39 is 17.9 Å². The quantitative estimate of drug-likeness (QED) is 0.363. The van der Waals surface area contributed by atoms with Gasteiger partial charge in [-0.25, -0.2) is 5.01 Å². The molecule has 1 aliphatic rings. The van der Waals surface area contributed by atoms with E-state index in [4.69, 9.17) is 16.7 Å². The zero-order valence-corrected chi connectivity index (χ0v) is 20.0. The molecule has 5 rings (SSSR count). The molecule has 2 aromatic carbocycles. The Bertz CT molecular complexity index is 1510. The number of pyridine rings is 1. The summed E-state index contributed by atoms with van der Waals surface area (Å²) in [6.45, 7) is 0. The first-order chi connectivity index (χ1) is 16.9. The number of thiophene rings is 1. The largest absolute Gasteiger partial charge is 0.481 e. The van der Waals surface area contributed by atoms with Crippen LogP contribution in [0.1, 0.15) is 35.7 Å². The van der Waals surface area contributed by atoms with Gasteiger partial charge in [0.05, 0.1) is 23.7 Å². The van der Waals surface area contributed by atoms with Crippen molar-refractivity contribution in [2.24, 2.45) is 5.10 Å². The highest BCUT2D eigenvalue weighted by Crippen LogP contribution is 2.38. The van der Waals surface area contributed by atoms with Crippen LogP contribution in [0.3, 0.4) is 0 Å². The Morgan fingerprint density at radius 2 is 1.89 bits per heavy atom. The van der Waals surface area contributed by atoms with Crippen LogP contribution in [-0.4, -0.2) is 32.7 Å². The normalized spacial score (nSPS) is 15.4. The van der Waals surface area contributed by atoms with Gasteiger partial charge in [-0.2, -0.15) is 5.10 Å². The van der Waals surface area contributed by atoms with Crippen molar-refractivity contribution in [3.63, 3.8) is 0 Å². The summed E-state index contributed by atoms with van der Waals surface area (Å²) in [5, 5.41) is 18.2. The number of benzene rings is 2. The van der Waals surface area contributed by atoms with Gasteiger partial charge in [0, 0.05) is 39.2 Å². The lowest BCUT2D eigenvalue weighted by molar-refractivity contribution is -0.141. The third-order valence-electron chi connectivity index (χ3n) is 5.92. The predicted octanol–water partition coefficient (Wildman–Crippen LogP) is 5.45. The predicted molar refractivity (Wildman–Crippen MR) is 137 cm³/mol. The number of halogens is 1. The number of carbonyl (C=O) groups excluding carboxylic acids is 1. The molecule has 0 saturated heterocycles. The van der Waals surface area contributed by atoms with Crippen molar-refractivity contribution in [2.75, 3.05) is 0 Å². The molecule has 2 aromatic heterocycles. The second-order valence-corrected chi connectivity index (χ2v) is 9.59. The second-order valence-electron chi connectivity index (χ2n) is 8.17. The van der Waals surface area contributed by atoms with Crippen molar-refractivity contribution in [1.29, 1.82) is 0 Å². The molecule has 1 aliphatic heterocycles. The van der Waals surface area contributed by atoms with E-state index >= 15 is 0 Å². The summed E-state index contributed by atoms with van der Waals surface area (Å²) >= 11 is 7.81. The molecule has 0 spiro atoms. The average Bonchev–Trinajstić information content (AvgIpc) is 3.53. The van der Waals surface area contributed by atoms with Crippen molar-refractivity contribution in [3.05, 3.63) is 91.9 Å². The smallest absolute Gasteiger partial charge is 0.303 e. The third-order valence-corrected chi connectivity index (χ3v) is 7.13. The number of H-pyrrole nitrogens is 1. The number of nitrogens with one attached hydrogen (secondary N) is 1. The van der Waals surface area contributed by atoms with Gasteiger partial charge in [-0.3, -0.25) is 14.4 Å². The molecule has 0 saturated carbocycles. The molecule has 176 valence electrons. The van der Waals surface area contributed by atoms with Crippen LogP contribution in [0.5, 0.6) is 0 Å². The van der Waals surface area contributed by atoms with Crippen LogP contribution < -0.4 is 5.56 Å². The van der Waals surface area contributed by atoms with Gasteiger partial charge in [-0.1, -0.05) is 48.0 Å². The minimum Gasteiger partial charge on any atom is -0.481 e. The number of aromatic nitrogens is 1. The van der Waals surface area contributed by atoms with Gasteiger partial charge in [0.2, 0.25) is 5.91 Å². The van der Waals surface area contributed by atoms with Gasteiger partial charge < -0.3 is 10.1 Å². The highest BCUT2D eigenvalue weighted by atomic mass is 35.5. The summed E-state index contributed by atoms with van der Waals surface area (Å²) in [5.41, 5.74) is 2.68. The number of hydrazone groups is 1. The number of fused-ring (bicyclic) bond motifs is 1. The van der Waals surface area contributed by atoms with Crippen LogP contribution in [0.25, 0.3) is 22.0 Å². The van der Waals surface area contributed by atoms with Gasteiger partial charge in [0.1, 0.15) is 0 Å². The van der Waals surface area contributed by atoms with Crippen molar-refractivity contribution in [3.8, 4) is 11.1 Å². The van der Waals surface area contributed by atoms with E-state index in [9.17, 15) is 14.4 Å². The highest BCUT2D eigenvalue weighted by molar-refractivity contribution is 7.10. The lowest BCUT2D eigenvalue weighted by atomic mass is 9.92. The second kappa shape index (κ2) is 9.48. The number of amides is 1. The van der Waals surface area contributed by atoms with Crippen LogP contribution in [0, 0.1) is 0 Å². The molecule has 0 radical (unpaired) electrons. The van der Waals surface area contributed by atoms with Gasteiger partial charge in [0.15, 0.2) is 0 Å². The number of carbonyl (C=O) groups is 2. The lowest BCUT2D eigenvalue weighted by Crippen LogP contribution is -2.26. The van der Waals surface area contributed by atoms with Gasteiger partial charge in [-0.15, -0.1) is 11.3 Å². The molecular formula is C26H20ClN3O4S. The number of nitrogens with zero attached hydrogens (tertiary/aromatic N) is 2. The van der Waals surface area contributed by atoms with Crippen LogP contribution in [-0.2, 0) is 9.59 Å². The summed E-state index contributed by atoms with van der Waals surface area (Å²) in [5.74, 6) is -1.45. The molecule has 35 heavy (non-hydrogen) atoms. The number of aliphatic carboxylic acids is 1. The van der Waals surface area contributed by atoms with Crippen molar-refractivity contribution >= 4 is 51.4 Å². The van der Waals surface area contributed by atoms with E-state index in [-0.39, 0.29) is 18.4 Å². The number of carboxylic acid groups (broad SMARTS) is 1. The molecule has 9 heteroatoms. The Hall–Kier alpha value is -3.75. The molecule has 0 aliphatic carbocycles. The van der Waals surface area contributed by atoms with Crippen LogP contribution in [0.2, 0.25) is 5.02 Å². The number of hydrogen-bond donors (Lipinski definition) is 2. The average molecular weight is 506 g/mol. The standard InChI is InChI=1S/C26H20ClN3O4S/c27-16-8-9-18-17(13-16)24(15-5-2-1-3-6-15)25(26(34)28-18)19-14-20(21-7-4-12-35-21)30(29-19)22(31)10-11-23(32)33/h1-9,12-13,20H,10-11,14H2,(H,28,34)(H,32,33)/t20-/m0/s1. The van der Waals surface area contributed by atoms with E-state index in [2.05, 4.69) is 10.1 Å². The Morgan fingerprint density at radius 3 is 2.60 bits per heavy atom. The molecule has 2 N–H and O–H groups in total. The molecule has 0 unspecified atom stereocenters. The van der Waals surface area contributed by atoms with Crippen LogP contribution >= 0.6 is 22.9 Å². The summed E-state index contributed by atoms with van der Waals surface area (Å²) < 4.78 is 0. The van der Waals surface area contributed by atoms with Gasteiger partial charge in [-0.05, 0) is 35.2 Å². The maximum Gasteiger partial charge on any atom is 0.303 e.